The first kappa shape index (κ1) is 28.6. The summed E-state index contributed by atoms with van der Waals surface area (Å²) in [5, 5.41) is 5.89. The Morgan fingerprint density at radius 2 is 1.62 bits per heavy atom. The zero-order valence-electron chi connectivity index (χ0n) is 24.0. The zero-order valence-corrected chi connectivity index (χ0v) is 24.0. The summed E-state index contributed by atoms with van der Waals surface area (Å²) in [4.78, 5) is 49.4. The van der Waals surface area contributed by atoms with Crippen molar-refractivity contribution in [3.05, 3.63) is 0 Å². The predicted octanol–water partition coefficient (Wildman–Crippen LogP) is 4.36. The largest absolute Gasteiger partial charge is 0.466 e. The molecule has 1 heterocycles. The van der Waals surface area contributed by atoms with Crippen molar-refractivity contribution in [2.75, 3.05) is 19.7 Å². The number of amides is 2. The molecule has 2 spiro atoms. The first-order chi connectivity index (χ1) is 18.5. The summed E-state index contributed by atoms with van der Waals surface area (Å²) in [6.07, 6.45) is 8.11. The third-order valence-electron chi connectivity index (χ3n) is 9.41. The first-order valence-corrected chi connectivity index (χ1v) is 14.9. The molecule has 4 bridgehead atoms. The van der Waals surface area contributed by atoms with Crippen LogP contribution in [-0.2, 0) is 33.6 Å². The number of hydrogen-bond acceptors (Lipinski definition) is 8. The molecule has 10 heteroatoms. The Morgan fingerprint density at radius 3 is 2.26 bits per heavy atom. The van der Waals surface area contributed by atoms with E-state index in [1.54, 1.807) is 0 Å². The SMILES string of the molecule is CCOC(=O)CC1CCC2(CC1)OOC1(O2)[C@@H]2CC3C[C@H]1CC(C(=O)NCCCNC(=O)OC(C)(C)C)(C3)C2. The molecule has 2 amide bonds. The van der Waals surface area contributed by atoms with Crippen LogP contribution in [0.4, 0.5) is 4.79 Å². The van der Waals surface area contributed by atoms with E-state index in [1.807, 2.05) is 27.7 Å². The monoisotopic (exact) mass is 550 g/mol. The lowest BCUT2D eigenvalue weighted by Gasteiger charge is -2.61. The van der Waals surface area contributed by atoms with E-state index in [1.165, 1.54) is 0 Å². The van der Waals surface area contributed by atoms with Crippen LogP contribution in [0.2, 0.25) is 0 Å². The van der Waals surface area contributed by atoms with Gasteiger partial charge in [0.1, 0.15) is 5.60 Å². The molecule has 2 N–H and O–H groups in total. The molecule has 5 atom stereocenters. The molecule has 0 radical (unpaired) electrons. The second kappa shape index (κ2) is 10.8. The van der Waals surface area contributed by atoms with Gasteiger partial charge in [0.25, 0.3) is 0 Å². The molecule has 39 heavy (non-hydrogen) atoms. The van der Waals surface area contributed by atoms with E-state index < -0.39 is 23.3 Å². The van der Waals surface area contributed by atoms with E-state index >= 15 is 0 Å². The molecule has 10 nitrogen and oxygen atoms in total. The maximum absolute atomic E-state index is 13.5. The summed E-state index contributed by atoms with van der Waals surface area (Å²) in [6, 6.07) is 0. The van der Waals surface area contributed by atoms with E-state index in [9.17, 15) is 14.4 Å². The average Bonchev–Trinajstić information content (AvgIpc) is 3.22. The Balaban J connectivity index is 1.12. The molecule has 0 aromatic rings. The summed E-state index contributed by atoms with van der Waals surface area (Å²) < 4.78 is 17.2. The van der Waals surface area contributed by atoms with Gasteiger partial charge in [-0.2, -0.15) is 9.78 Å². The van der Waals surface area contributed by atoms with Crippen LogP contribution in [0.3, 0.4) is 0 Å². The van der Waals surface area contributed by atoms with Gasteiger partial charge in [-0.1, -0.05) is 0 Å². The van der Waals surface area contributed by atoms with Crippen molar-refractivity contribution in [1.82, 2.24) is 10.6 Å². The number of alkyl carbamates (subject to hydrolysis) is 1. The van der Waals surface area contributed by atoms with Gasteiger partial charge in [0.15, 0.2) is 0 Å². The Morgan fingerprint density at radius 1 is 0.949 bits per heavy atom. The standard InChI is InChI=1S/C29H46N2O8/c1-5-35-23(32)15-19-7-9-28(10-8-19)37-29(39-38-28)21-13-20-14-22(29)18-27(16-20,17-21)24(33)30-11-6-12-31-25(34)36-26(2,3)4/h19-22H,5-18H2,1-4H3,(H,30,33)(H,31,34)/t19?,20?,21-,22+,27?,28?,29?. The maximum atomic E-state index is 13.5. The summed E-state index contributed by atoms with van der Waals surface area (Å²) >= 11 is 0. The fraction of sp³-hybridized carbons (Fsp3) is 0.897. The van der Waals surface area contributed by atoms with Crippen molar-refractivity contribution in [3.8, 4) is 0 Å². The van der Waals surface area contributed by atoms with Gasteiger partial charge in [-0.05, 0) is 90.9 Å². The highest BCUT2D eigenvalue weighted by Gasteiger charge is 2.71. The molecule has 5 aliphatic carbocycles. The van der Waals surface area contributed by atoms with Crippen LogP contribution in [0.15, 0.2) is 0 Å². The highest BCUT2D eigenvalue weighted by molar-refractivity contribution is 5.83. The van der Waals surface area contributed by atoms with E-state index in [4.69, 9.17) is 24.0 Å². The maximum Gasteiger partial charge on any atom is 0.407 e. The van der Waals surface area contributed by atoms with Crippen LogP contribution >= 0.6 is 0 Å². The second-order valence-corrected chi connectivity index (χ2v) is 13.5. The van der Waals surface area contributed by atoms with Crippen LogP contribution in [0.5, 0.6) is 0 Å². The van der Waals surface area contributed by atoms with Crippen molar-refractivity contribution in [1.29, 1.82) is 0 Å². The van der Waals surface area contributed by atoms with E-state index in [2.05, 4.69) is 10.6 Å². The number of esters is 1. The predicted molar refractivity (Wildman–Crippen MR) is 140 cm³/mol. The fourth-order valence-electron chi connectivity index (χ4n) is 7.92. The van der Waals surface area contributed by atoms with Gasteiger partial charge in [-0.25, -0.2) is 4.79 Å². The summed E-state index contributed by atoms with van der Waals surface area (Å²) in [5.41, 5.74) is -0.921. The van der Waals surface area contributed by atoms with Gasteiger partial charge in [-0.3, -0.25) is 9.59 Å². The molecule has 0 aromatic carbocycles. The molecule has 6 rings (SSSR count). The lowest BCUT2D eigenvalue weighted by Crippen LogP contribution is -2.65. The number of carbonyl (C=O) groups excluding carboxylic acids is 3. The molecular formula is C29H46N2O8. The summed E-state index contributed by atoms with van der Waals surface area (Å²) in [6.45, 7) is 8.68. The number of hydrogen-bond donors (Lipinski definition) is 2. The molecule has 3 unspecified atom stereocenters. The van der Waals surface area contributed by atoms with Gasteiger partial charge >= 0.3 is 12.1 Å². The molecule has 0 aromatic heterocycles. The molecular weight excluding hydrogens is 504 g/mol. The van der Waals surface area contributed by atoms with Crippen LogP contribution in [0.25, 0.3) is 0 Å². The Hall–Kier alpha value is -1.91. The molecule has 220 valence electrons. The lowest BCUT2D eigenvalue weighted by molar-refractivity contribution is -0.393. The number of carbonyl (C=O) groups is 3. The average molecular weight is 551 g/mol. The normalized spacial score (nSPS) is 38.7. The third kappa shape index (κ3) is 5.93. The number of nitrogens with one attached hydrogen (secondary N) is 2. The molecule has 5 saturated carbocycles. The quantitative estimate of drug-likeness (QED) is 0.260. The van der Waals surface area contributed by atoms with Crippen molar-refractivity contribution >= 4 is 18.0 Å². The van der Waals surface area contributed by atoms with Crippen LogP contribution < -0.4 is 10.6 Å². The molecule has 6 aliphatic rings. The minimum atomic E-state index is -0.772. The van der Waals surface area contributed by atoms with Crippen molar-refractivity contribution in [3.63, 3.8) is 0 Å². The van der Waals surface area contributed by atoms with Crippen LogP contribution in [-0.4, -0.2) is 54.8 Å². The first-order valence-electron chi connectivity index (χ1n) is 14.9. The third-order valence-corrected chi connectivity index (χ3v) is 9.41. The van der Waals surface area contributed by atoms with E-state index in [-0.39, 0.29) is 35.0 Å². The molecule has 1 saturated heterocycles. The summed E-state index contributed by atoms with van der Waals surface area (Å²) in [5.74, 6) is -0.520. The van der Waals surface area contributed by atoms with Crippen molar-refractivity contribution in [2.45, 2.75) is 115 Å². The van der Waals surface area contributed by atoms with Crippen LogP contribution in [0, 0.1) is 29.1 Å². The Labute approximate surface area is 231 Å². The Bertz CT molecular complexity index is 922. The zero-order chi connectivity index (χ0) is 27.9. The Kier molecular flexibility index (Phi) is 7.94. The van der Waals surface area contributed by atoms with E-state index in [0.717, 1.165) is 44.9 Å². The second-order valence-electron chi connectivity index (χ2n) is 13.5. The van der Waals surface area contributed by atoms with Crippen molar-refractivity contribution < 1.29 is 38.4 Å². The van der Waals surface area contributed by atoms with E-state index in [0.29, 0.717) is 51.3 Å². The van der Waals surface area contributed by atoms with Crippen molar-refractivity contribution in [2.24, 2.45) is 29.1 Å². The van der Waals surface area contributed by atoms with Gasteiger partial charge in [0.05, 0.1) is 12.0 Å². The highest BCUT2D eigenvalue weighted by Crippen LogP contribution is 2.67. The molecule has 6 fully saturated rings. The minimum Gasteiger partial charge on any atom is -0.466 e. The number of ether oxygens (including phenoxy) is 3. The highest BCUT2D eigenvalue weighted by atomic mass is 17.3. The molecule has 1 aliphatic heterocycles. The topological polar surface area (TPSA) is 121 Å². The number of rotatable bonds is 8. The van der Waals surface area contributed by atoms with Gasteiger partial charge < -0.3 is 24.8 Å². The smallest absolute Gasteiger partial charge is 0.407 e. The van der Waals surface area contributed by atoms with Crippen LogP contribution in [0.1, 0.15) is 98.3 Å². The minimum absolute atomic E-state index is 0.113. The van der Waals surface area contributed by atoms with Gasteiger partial charge in [0, 0.05) is 44.2 Å². The van der Waals surface area contributed by atoms with Gasteiger partial charge in [-0.15, -0.1) is 0 Å². The summed E-state index contributed by atoms with van der Waals surface area (Å²) in [7, 11) is 0. The van der Waals surface area contributed by atoms with Gasteiger partial charge in [0.2, 0.25) is 17.5 Å². The lowest BCUT2D eigenvalue weighted by atomic mass is 9.47. The fourth-order valence-corrected chi connectivity index (χ4v) is 7.92.